The third-order valence-electron chi connectivity index (χ3n) is 4.88. The van der Waals surface area contributed by atoms with Crippen LogP contribution >= 0.6 is 12.2 Å². The number of hydrogen-bond acceptors (Lipinski definition) is 4. The fourth-order valence-corrected chi connectivity index (χ4v) is 4.05. The number of ether oxygens (including phenoxy) is 2. The molecule has 2 aliphatic rings. The second kappa shape index (κ2) is 6.73. The van der Waals surface area contributed by atoms with Gasteiger partial charge in [0.05, 0.1) is 12.1 Å². The number of hydrogen-bond donors (Lipinski definition) is 1. The van der Waals surface area contributed by atoms with E-state index in [0.29, 0.717) is 18.8 Å². The lowest BCUT2D eigenvalue weighted by molar-refractivity contribution is -0.0824. The van der Waals surface area contributed by atoms with Crippen LogP contribution in [-0.2, 0) is 4.74 Å². The first-order valence-corrected chi connectivity index (χ1v) is 9.53. The van der Waals surface area contributed by atoms with E-state index in [1.807, 2.05) is 6.07 Å². The third kappa shape index (κ3) is 3.26. The summed E-state index contributed by atoms with van der Waals surface area (Å²) < 4.78 is 26.1. The standard InChI is InChI=1S/C22H22FNO2S/c1-13-12-22(2,3)24-17-7-6-15-16-11-14(23)5-8-18(16)26-21(20(15)19(13)17)25-9-4-10-27/h5-8,10-12,21,24H,4,9H2,1-3H3/t21-/m1/s1. The fraction of sp³-hybridized carbons (Fsp3) is 0.318. The molecule has 0 fully saturated rings. The minimum atomic E-state index is -0.561. The van der Waals surface area contributed by atoms with Crippen LogP contribution in [0, 0.1) is 5.82 Å². The van der Waals surface area contributed by atoms with Gasteiger partial charge >= 0.3 is 0 Å². The molecule has 2 heterocycles. The average molecular weight is 383 g/mol. The Morgan fingerprint density at radius 2 is 2.07 bits per heavy atom. The molecule has 0 saturated heterocycles. The molecular weight excluding hydrogens is 361 g/mol. The van der Waals surface area contributed by atoms with Crippen molar-refractivity contribution in [2.24, 2.45) is 0 Å². The van der Waals surface area contributed by atoms with Gasteiger partial charge < -0.3 is 14.8 Å². The Morgan fingerprint density at radius 3 is 2.85 bits per heavy atom. The molecule has 0 bridgehead atoms. The Bertz CT molecular complexity index is 952. The molecule has 2 aromatic rings. The predicted molar refractivity (Wildman–Crippen MR) is 111 cm³/mol. The monoisotopic (exact) mass is 383 g/mol. The van der Waals surface area contributed by atoms with Crippen molar-refractivity contribution in [1.29, 1.82) is 0 Å². The van der Waals surface area contributed by atoms with Crippen LogP contribution in [0.3, 0.4) is 0 Å². The van der Waals surface area contributed by atoms with E-state index in [0.717, 1.165) is 33.5 Å². The van der Waals surface area contributed by atoms with Crippen LogP contribution in [0.15, 0.2) is 36.4 Å². The lowest BCUT2D eigenvalue weighted by Gasteiger charge is -2.36. The quantitative estimate of drug-likeness (QED) is 0.526. The van der Waals surface area contributed by atoms with E-state index in [-0.39, 0.29) is 11.4 Å². The minimum absolute atomic E-state index is 0.140. The van der Waals surface area contributed by atoms with Crippen molar-refractivity contribution in [2.75, 3.05) is 11.9 Å². The largest absolute Gasteiger partial charge is 0.460 e. The Hall–Kier alpha value is -2.24. The van der Waals surface area contributed by atoms with Crippen molar-refractivity contribution in [2.45, 2.75) is 39.0 Å². The molecule has 4 rings (SSSR count). The van der Waals surface area contributed by atoms with Gasteiger partial charge in [0.2, 0.25) is 6.29 Å². The number of allylic oxidation sites excluding steroid dienone is 1. The van der Waals surface area contributed by atoms with Gasteiger partial charge in [-0.1, -0.05) is 24.4 Å². The number of anilines is 1. The summed E-state index contributed by atoms with van der Waals surface area (Å²) in [5.74, 6) is 0.342. The molecule has 1 atom stereocenters. The molecule has 0 aromatic heterocycles. The first-order chi connectivity index (χ1) is 12.9. The van der Waals surface area contributed by atoms with E-state index in [9.17, 15) is 4.39 Å². The zero-order chi connectivity index (χ0) is 19.2. The molecule has 140 valence electrons. The molecule has 0 radical (unpaired) electrons. The second-order valence-electron chi connectivity index (χ2n) is 7.54. The van der Waals surface area contributed by atoms with Crippen LogP contribution in [0.25, 0.3) is 16.7 Å². The Morgan fingerprint density at radius 1 is 1.26 bits per heavy atom. The van der Waals surface area contributed by atoms with Gasteiger partial charge in [-0.25, -0.2) is 4.39 Å². The van der Waals surface area contributed by atoms with E-state index in [1.54, 1.807) is 11.4 Å². The Labute approximate surface area is 164 Å². The van der Waals surface area contributed by atoms with Gasteiger partial charge in [-0.05, 0) is 68.0 Å². The average Bonchev–Trinajstić information content (AvgIpc) is 2.60. The predicted octanol–water partition coefficient (Wildman–Crippen LogP) is 5.90. The summed E-state index contributed by atoms with van der Waals surface area (Å²) in [6.07, 6.45) is 2.30. The van der Waals surface area contributed by atoms with E-state index in [4.69, 9.17) is 21.7 Å². The smallest absolute Gasteiger partial charge is 0.228 e. The summed E-state index contributed by atoms with van der Waals surface area (Å²) in [6, 6.07) is 8.66. The molecule has 27 heavy (non-hydrogen) atoms. The summed E-state index contributed by atoms with van der Waals surface area (Å²) in [5, 5.41) is 5.21. The number of halogens is 1. The summed E-state index contributed by atoms with van der Waals surface area (Å²) in [7, 11) is 0. The number of benzene rings is 2. The van der Waals surface area contributed by atoms with E-state index in [1.165, 1.54) is 12.1 Å². The van der Waals surface area contributed by atoms with Crippen molar-refractivity contribution in [3.63, 3.8) is 0 Å². The zero-order valence-electron chi connectivity index (χ0n) is 15.6. The summed E-state index contributed by atoms with van der Waals surface area (Å²) in [6.45, 7) is 6.83. The summed E-state index contributed by atoms with van der Waals surface area (Å²) >= 11 is 4.91. The van der Waals surface area contributed by atoms with Crippen LogP contribution in [0.5, 0.6) is 5.75 Å². The van der Waals surface area contributed by atoms with Gasteiger partial charge in [-0.3, -0.25) is 0 Å². The van der Waals surface area contributed by atoms with Gasteiger partial charge in [-0.2, -0.15) is 0 Å². The highest BCUT2D eigenvalue weighted by Crippen LogP contribution is 2.49. The molecule has 2 aliphatic heterocycles. The molecule has 1 N–H and O–H groups in total. The topological polar surface area (TPSA) is 30.5 Å². The van der Waals surface area contributed by atoms with E-state index < -0.39 is 6.29 Å². The maximum Gasteiger partial charge on any atom is 0.228 e. The highest BCUT2D eigenvalue weighted by molar-refractivity contribution is 7.78. The maximum absolute atomic E-state index is 13.9. The SMILES string of the molecule is CC1=CC(C)(C)Nc2ccc3c(c21)[C@H](OCCC=S)Oc1ccc(F)cc1-3. The lowest BCUT2D eigenvalue weighted by Crippen LogP contribution is -2.32. The normalized spacial score (nSPS) is 19.0. The van der Waals surface area contributed by atoms with Gasteiger partial charge in [0.1, 0.15) is 11.6 Å². The molecule has 0 saturated carbocycles. The second-order valence-corrected chi connectivity index (χ2v) is 7.87. The molecular formula is C22H22FNO2S. The number of fused-ring (bicyclic) bond motifs is 5. The maximum atomic E-state index is 13.9. The van der Waals surface area contributed by atoms with Crippen molar-refractivity contribution in [3.05, 3.63) is 53.4 Å². The van der Waals surface area contributed by atoms with Crippen molar-refractivity contribution in [3.8, 4) is 16.9 Å². The van der Waals surface area contributed by atoms with E-state index >= 15 is 0 Å². The summed E-state index contributed by atoms with van der Waals surface area (Å²) in [5.41, 5.74) is 5.73. The molecule has 3 nitrogen and oxygen atoms in total. The molecule has 0 unspecified atom stereocenters. The van der Waals surface area contributed by atoms with E-state index in [2.05, 4.69) is 38.2 Å². The summed E-state index contributed by atoms with van der Waals surface area (Å²) in [4.78, 5) is 0. The van der Waals surface area contributed by atoms with Gasteiger partial charge in [0.25, 0.3) is 0 Å². The minimum Gasteiger partial charge on any atom is -0.460 e. The molecule has 0 amide bonds. The first kappa shape index (κ1) is 18.1. The van der Waals surface area contributed by atoms with Crippen LogP contribution < -0.4 is 10.1 Å². The van der Waals surface area contributed by atoms with Crippen LogP contribution in [-0.4, -0.2) is 17.5 Å². The van der Waals surface area contributed by atoms with Crippen molar-refractivity contribution in [1.82, 2.24) is 0 Å². The highest BCUT2D eigenvalue weighted by atomic mass is 32.1. The fourth-order valence-electron chi connectivity index (χ4n) is 3.96. The number of rotatable bonds is 4. The van der Waals surface area contributed by atoms with Crippen molar-refractivity contribution >= 4 is 28.8 Å². The number of nitrogens with one attached hydrogen (secondary N) is 1. The first-order valence-electron chi connectivity index (χ1n) is 9.06. The number of thiocarbonyl (C=S) groups is 1. The van der Waals surface area contributed by atoms with Gasteiger partial charge in [0.15, 0.2) is 0 Å². The van der Waals surface area contributed by atoms with Crippen LogP contribution in [0.1, 0.15) is 44.6 Å². The molecule has 5 heteroatoms. The zero-order valence-corrected chi connectivity index (χ0v) is 16.5. The lowest BCUT2D eigenvalue weighted by atomic mass is 9.84. The van der Waals surface area contributed by atoms with Gasteiger partial charge in [-0.15, -0.1) is 0 Å². The highest BCUT2D eigenvalue weighted by Gasteiger charge is 2.34. The molecule has 2 aromatic carbocycles. The van der Waals surface area contributed by atoms with Crippen LogP contribution in [0.4, 0.5) is 10.1 Å². The molecule has 0 spiro atoms. The van der Waals surface area contributed by atoms with Gasteiger partial charge in [0, 0.05) is 22.4 Å². The Balaban J connectivity index is 1.91. The third-order valence-corrected chi connectivity index (χ3v) is 5.12. The Kier molecular flexibility index (Phi) is 4.52. The van der Waals surface area contributed by atoms with Crippen LogP contribution in [0.2, 0.25) is 0 Å². The molecule has 0 aliphatic carbocycles. The van der Waals surface area contributed by atoms with Crippen molar-refractivity contribution < 1.29 is 13.9 Å².